The Balaban J connectivity index is 0.00000529. The Kier molecular flexibility index (Phi) is 16.3. The van der Waals surface area contributed by atoms with Crippen LogP contribution in [0.25, 0.3) is 0 Å². The predicted molar refractivity (Wildman–Crippen MR) is 117 cm³/mol. The third-order valence-corrected chi connectivity index (χ3v) is 4.57. The largest absolute Gasteiger partial charge is 0.356 e. The molecule has 2 N–H and O–H groups in total. The number of hydrogen-bond donors (Lipinski definition) is 2. The van der Waals surface area contributed by atoms with E-state index in [2.05, 4.69) is 39.3 Å². The first-order chi connectivity index (χ1) is 11.3. The summed E-state index contributed by atoms with van der Waals surface area (Å²) in [5, 5.41) is 6.87. The third kappa shape index (κ3) is 11.5. The highest BCUT2D eigenvalue weighted by molar-refractivity contribution is 14.0. The smallest absolute Gasteiger partial charge is 0.191 e. The van der Waals surface area contributed by atoms with Crippen LogP contribution in [0.4, 0.5) is 0 Å². The normalized spacial score (nSPS) is 16.6. The van der Waals surface area contributed by atoms with E-state index in [1.54, 1.807) is 0 Å². The molecule has 144 valence electrons. The lowest BCUT2D eigenvalue weighted by molar-refractivity contribution is 0.281. The molecule has 24 heavy (non-hydrogen) atoms. The molecule has 0 aromatic carbocycles. The molecule has 1 fully saturated rings. The van der Waals surface area contributed by atoms with Crippen molar-refractivity contribution in [3.05, 3.63) is 0 Å². The van der Waals surface area contributed by atoms with Crippen LogP contribution in [-0.2, 0) is 0 Å². The summed E-state index contributed by atoms with van der Waals surface area (Å²) in [5.41, 5.74) is 0. The van der Waals surface area contributed by atoms with Crippen LogP contribution in [0, 0.1) is 0 Å². The maximum absolute atomic E-state index is 4.32. The third-order valence-electron chi connectivity index (χ3n) is 4.57. The van der Waals surface area contributed by atoms with E-state index >= 15 is 0 Å². The first kappa shape index (κ1) is 23.9. The molecule has 0 spiro atoms. The van der Waals surface area contributed by atoms with Crippen molar-refractivity contribution in [2.45, 2.75) is 52.4 Å². The molecule has 1 saturated heterocycles. The zero-order chi connectivity index (χ0) is 16.8. The Morgan fingerprint density at radius 1 is 1.00 bits per heavy atom. The summed E-state index contributed by atoms with van der Waals surface area (Å²) in [5.74, 6) is 0.938. The van der Waals surface area contributed by atoms with E-state index in [4.69, 9.17) is 0 Å². The van der Waals surface area contributed by atoms with Gasteiger partial charge in [0.05, 0.1) is 0 Å². The highest BCUT2D eigenvalue weighted by atomic mass is 127. The van der Waals surface area contributed by atoms with Gasteiger partial charge in [0.25, 0.3) is 0 Å². The van der Waals surface area contributed by atoms with Crippen LogP contribution < -0.4 is 10.6 Å². The second-order valence-electron chi connectivity index (χ2n) is 6.47. The Labute approximate surface area is 167 Å². The second kappa shape index (κ2) is 16.4. The van der Waals surface area contributed by atoms with Gasteiger partial charge in [-0.2, -0.15) is 0 Å². The van der Waals surface area contributed by atoms with Gasteiger partial charge in [-0.25, -0.2) is 0 Å². The van der Waals surface area contributed by atoms with E-state index in [-0.39, 0.29) is 24.0 Å². The van der Waals surface area contributed by atoms with Gasteiger partial charge in [-0.15, -0.1) is 24.0 Å². The molecular formula is C18H40IN5. The van der Waals surface area contributed by atoms with Crippen LogP contribution in [0.15, 0.2) is 4.99 Å². The Hall–Kier alpha value is -0.0800. The summed E-state index contributed by atoms with van der Waals surface area (Å²) in [6.07, 6.45) is 8.00. The van der Waals surface area contributed by atoms with Gasteiger partial charge >= 0.3 is 0 Å². The molecule has 0 atom stereocenters. The highest BCUT2D eigenvalue weighted by Crippen LogP contribution is 2.09. The molecule has 1 rings (SSSR count). The molecule has 0 aromatic heterocycles. The van der Waals surface area contributed by atoms with Crippen molar-refractivity contribution >= 4 is 29.9 Å². The predicted octanol–water partition coefficient (Wildman–Crippen LogP) is 2.77. The first-order valence-corrected chi connectivity index (χ1v) is 9.69. The SMILES string of the molecule is CCCN(CC)CCNC(=NC)NCCCN1CCCCCC1.I. The van der Waals surface area contributed by atoms with Gasteiger partial charge in [-0.3, -0.25) is 4.99 Å². The summed E-state index contributed by atoms with van der Waals surface area (Å²) >= 11 is 0. The highest BCUT2D eigenvalue weighted by Gasteiger charge is 2.08. The lowest BCUT2D eigenvalue weighted by Gasteiger charge is -2.21. The summed E-state index contributed by atoms with van der Waals surface area (Å²) in [4.78, 5) is 9.41. The van der Waals surface area contributed by atoms with Gasteiger partial charge in [0, 0.05) is 26.7 Å². The monoisotopic (exact) mass is 453 g/mol. The minimum Gasteiger partial charge on any atom is -0.356 e. The van der Waals surface area contributed by atoms with Gasteiger partial charge in [-0.1, -0.05) is 26.7 Å². The van der Waals surface area contributed by atoms with E-state index in [1.165, 1.54) is 64.7 Å². The minimum atomic E-state index is 0. The number of rotatable bonds is 10. The fourth-order valence-corrected chi connectivity index (χ4v) is 3.17. The van der Waals surface area contributed by atoms with E-state index in [1.807, 2.05) is 7.05 Å². The van der Waals surface area contributed by atoms with E-state index in [9.17, 15) is 0 Å². The number of halogens is 1. The summed E-state index contributed by atoms with van der Waals surface area (Å²) in [6, 6.07) is 0. The zero-order valence-electron chi connectivity index (χ0n) is 16.1. The average Bonchev–Trinajstić information content (AvgIpc) is 2.84. The first-order valence-electron chi connectivity index (χ1n) is 9.69. The maximum atomic E-state index is 4.32. The fourth-order valence-electron chi connectivity index (χ4n) is 3.17. The summed E-state index contributed by atoms with van der Waals surface area (Å²) < 4.78 is 0. The van der Waals surface area contributed by atoms with Gasteiger partial charge < -0.3 is 20.4 Å². The van der Waals surface area contributed by atoms with Gasteiger partial charge in [-0.05, 0) is 58.4 Å². The topological polar surface area (TPSA) is 42.9 Å². The van der Waals surface area contributed by atoms with Crippen molar-refractivity contribution in [2.24, 2.45) is 4.99 Å². The number of likely N-dealkylation sites (tertiary alicyclic amines) is 1. The van der Waals surface area contributed by atoms with E-state index < -0.39 is 0 Å². The maximum Gasteiger partial charge on any atom is 0.191 e. The quantitative estimate of drug-likeness (QED) is 0.231. The summed E-state index contributed by atoms with van der Waals surface area (Å²) in [6.45, 7) is 13.6. The van der Waals surface area contributed by atoms with Crippen molar-refractivity contribution in [3.63, 3.8) is 0 Å². The number of hydrogen-bond acceptors (Lipinski definition) is 3. The minimum absolute atomic E-state index is 0. The summed E-state index contributed by atoms with van der Waals surface area (Å²) in [7, 11) is 1.85. The van der Waals surface area contributed by atoms with Crippen molar-refractivity contribution in [1.29, 1.82) is 0 Å². The van der Waals surface area contributed by atoms with Crippen LogP contribution in [0.2, 0.25) is 0 Å². The fraction of sp³-hybridized carbons (Fsp3) is 0.944. The van der Waals surface area contributed by atoms with Crippen molar-refractivity contribution < 1.29 is 0 Å². The molecule has 1 aliphatic heterocycles. The standard InChI is InChI=1S/C18H39N5.HI/c1-4-13-22(5-2)17-12-21-18(19-3)20-11-10-16-23-14-8-6-7-9-15-23;/h4-17H2,1-3H3,(H2,19,20,21);1H. The van der Waals surface area contributed by atoms with E-state index in [0.29, 0.717) is 0 Å². The number of guanidine groups is 1. The molecule has 0 bridgehead atoms. The molecule has 0 saturated carbocycles. The van der Waals surface area contributed by atoms with Crippen LogP contribution in [0.1, 0.15) is 52.4 Å². The van der Waals surface area contributed by atoms with Crippen molar-refractivity contribution in [1.82, 2.24) is 20.4 Å². The van der Waals surface area contributed by atoms with Gasteiger partial charge in [0.15, 0.2) is 5.96 Å². The molecular weight excluding hydrogens is 413 g/mol. The van der Waals surface area contributed by atoms with Crippen molar-refractivity contribution in [2.75, 3.05) is 59.4 Å². The molecule has 1 aliphatic rings. The molecule has 0 radical (unpaired) electrons. The molecule has 6 heteroatoms. The number of nitrogens with zero attached hydrogens (tertiary/aromatic N) is 3. The van der Waals surface area contributed by atoms with Gasteiger partial charge in [0.1, 0.15) is 0 Å². The van der Waals surface area contributed by atoms with E-state index in [0.717, 1.165) is 32.1 Å². The van der Waals surface area contributed by atoms with Crippen LogP contribution in [-0.4, -0.2) is 75.2 Å². The average molecular weight is 453 g/mol. The zero-order valence-corrected chi connectivity index (χ0v) is 18.5. The lowest BCUT2D eigenvalue weighted by Crippen LogP contribution is -2.42. The molecule has 0 aromatic rings. The molecule has 0 aliphatic carbocycles. The van der Waals surface area contributed by atoms with Gasteiger partial charge in [0.2, 0.25) is 0 Å². The van der Waals surface area contributed by atoms with Crippen LogP contribution >= 0.6 is 24.0 Å². The molecule has 0 amide bonds. The lowest BCUT2D eigenvalue weighted by atomic mass is 10.2. The number of likely N-dealkylation sites (N-methyl/N-ethyl adjacent to an activating group) is 1. The molecule has 5 nitrogen and oxygen atoms in total. The molecule has 0 unspecified atom stereocenters. The van der Waals surface area contributed by atoms with Crippen LogP contribution in [0.3, 0.4) is 0 Å². The number of nitrogens with one attached hydrogen (secondary N) is 2. The Morgan fingerprint density at radius 2 is 1.67 bits per heavy atom. The van der Waals surface area contributed by atoms with Crippen LogP contribution in [0.5, 0.6) is 0 Å². The Bertz CT molecular complexity index is 304. The number of aliphatic imine (C=N–C) groups is 1. The second-order valence-corrected chi connectivity index (χ2v) is 6.47. The molecule has 1 heterocycles. The Morgan fingerprint density at radius 3 is 2.25 bits per heavy atom. The van der Waals surface area contributed by atoms with Crippen molar-refractivity contribution in [3.8, 4) is 0 Å².